The molecule has 0 spiro atoms. The lowest BCUT2D eigenvalue weighted by Gasteiger charge is -2.47. The van der Waals surface area contributed by atoms with Gasteiger partial charge in [0.15, 0.2) is 0 Å². The Morgan fingerprint density at radius 3 is 1.62 bits per heavy atom. The third-order valence-corrected chi connectivity index (χ3v) is 7.57. The molecule has 2 nitrogen and oxygen atoms in total. The van der Waals surface area contributed by atoms with Crippen LogP contribution in [0, 0.1) is 21.7 Å². The van der Waals surface area contributed by atoms with Gasteiger partial charge in [-0.15, -0.1) is 0 Å². The van der Waals surface area contributed by atoms with Crippen molar-refractivity contribution in [3.05, 3.63) is 0 Å². The molecule has 0 unspecified atom stereocenters. The summed E-state index contributed by atoms with van der Waals surface area (Å²) in [5.41, 5.74) is 2.05. The molecule has 2 fully saturated rings. The van der Waals surface area contributed by atoms with E-state index in [1.807, 2.05) is 0 Å². The normalized spacial score (nSPS) is 21.0. The SMILES string of the molecule is C.CCC(C)(C)CC(C)(C)C.CCCCN(C)C1CC(C)(C)CC(C)(C)C1.CN1CCCCC1. The van der Waals surface area contributed by atoms with Gasteiger partial charge < -0.3 is 9.80 Å². The maximum absolute atomic E-state index is 2.60. The molecule has 34 heavy (non-hydrogen) atoms. The predicted molar refractivity (Wildman–Crippen MR) is 159 cm³/mol. The molecule has 1 aliphatic carbocycles. The number of unbranched alkanes of at least 4 members (excludes halogenated alkanes) is 1. The Morgan fingerprint density at radius 2 is 1.32 bits per heavy atom. The molecule has 2 aliphatic rings. The van der Waals surface area contributed by atoms with Crippen LogP contribution < -0.4 is 0 Å². The van der Waals surface area contributed by atoms with Crippen molar-refractivity contribution in [3.8, 4) is 0 Å². The van der Waals surface area contributed by atoms with Gasteiger partial charge in [0.2, 0.25) is 0 Å². The van der Waals surface area contributed by atoms with E-state index >= 15 is 0 Å². The summed E-state index contributed by atoms with van der Waals surface area (Å²) in [6.45, 7) is 29.8. The molecule has 0 bridgehead atoms. The van der Waals surface area contributed by atoms with Crippen molar-refractivity contribution < 1.29 is 0 Å². The van der Waals surface area contributed by atoms with Crippen LogP contribution in [0.4, 0.5) is 0 Å². The summed E-state index contributed by atoms with van der Waals surface area (Å²) in [5, 5.41) is 0. The van der Waals surface area contributed by atoms with E-state index in [-0.39, 0.29) is 7.43 Å². The van der Waals surface area contributed by atoms with Gasteiger partial charge in [-0.3, -0.25) is 0 Å². The van der Waals surface area contributed by atoms with Crippen LogP contribution in [0.5, 0.6) is 0 Å². The van der Waals surface area contributed by atoms with E-state index in [0.29, 0.717) is 21.7 Å². The number of piperidine rings is 1. The Balaban J connectivity index is 0. The average Bonchev–Trinajstić information content (AvgIpc) is 2.63. The summed E-state index contributed by atoms with van der Waals surface area (Å²) in [7, 11) is 4.51. The second-order valence-corrected chi connectivity index (χ2v) is 15.0. The van der Waals surface area contributed by atoms with E-state index in [2.05, 4.69) is 100 Å². The lowest BCUT2D eigenvalue weighted by atomic mass is 9.63. The molecule has 0 N–H and O–H groups in total. The van der Waals surface area contributed by atoms with Crippen LogP contribution in [0.3, 0.4) is 0 Å². The van der Waals surface area contributed by atoms with Crippen molar-refractivity contribution in [3.63, 3.8) is 0 Å². The van der Waals surface area contributed by atoms with Gasteiger partial charge in [0.05, 0.1) is 0 Å². The van der Waals surface area contributed by atoms with Crippen LogP contribution in [0.2, 0.25) is 0 Å². The lowest BCUT2D eigenvalue weighted by Crippen LogP contribution is -2.45. The zero-order chi connectivity index (χ0) is 25.9. The molecule has 1 saturated heterocycles. The van der Waals surface area contributed by atoms with Crippen molar-refractivity contribution in [1.82, 2.24) is 9.80 Å². The zero-order valence-corrected chi connectivity index (χ0v) is 25.7. The van der Waals surface area contributed by atoms with Gasteiger partial charge in [-0.25, -0.2) is 0 Å². The molecular weight excluding hydrogens is 412 g/mol. The van der Waals surface area contributed by atoms with Crippen LogP contribution in [-0.4, -0.2) is 49.6 Å². The zero-order valence-electron chi connectivity index (χ0n) is 25.7. The van der Waals surface area contributed by atoms with E-state index < -0.39 is 0 Å². The molecule has 2 rings (SSSR count). The van der Waals surface area contributed by atoms with Gasteiger partial charge in [-0.1, -0.05) is 103 Å². The Bertz CT molecular complexity index is 476. The van der Waals surface area contributed by atoms with Crippen molar-refractivity contribution in [2.75, 3.05) is 33.7 Å². The largest absolute Gasteiger partial charge is 0.306 e. The molecule has 208 valence electrons. The fourth-order valence-corrected chi connectivity index (χ4v) is 6.30. The van der Waals surface area contributed by atoms with Gasteiger partial charge in [0.25, 0.3) is 0 Å². The number of hydrogen-bond donors (Lipinski definition) is 0. The van der Waals surface area contributed by atoms with Crippen molar-refractivity contribution in [2.45, 2.75) is 154 Å². The van der Waals surface area contributed by atoms with Crippen LogP contribution in [0.15, 0.2) is 0 Å². The van der Waals surface area contributed by atoms with Gasteiger partial charge in [-0.2, -0.15) is 0 Å². The quantitative estimate of drug-likeness (QED) is 0.371. The van der Waals surface area contributed by atoms with Gasteiger partial charge in [-0.05, 0) is 100 Å². The highest BCUT2D eigenvalue weighted by Crippen LogP contribution is 2.46. The van der Waals surface area contributed by atoms with E-state index in [1.54, 1.807) is 0 Å². The van der Waals surface area contributed by atoms with Crippen molar-refractivity contribution in [1.29, 1.82) is 0 Å². The Hall–Kier alpha value is -0.0800. The lowest BCUT2D eigenvalue weighted by molar-refractivity contribution is 0.0350. The van der Waals surface area contributed by atoms with Crippen molar-refractivity contribution in [2.24, 2.45) is 21.7 Å². The fraction of sp³-hybridized carbons (Fsp3) is 1.00. The molecule has 1 heterocycles. The summed E-state index contributed by atoms with van der Waals surface area (Å²) in [6, 6.07) is 0.797. The van der Waals surface area contributed by atoms with Gasteiger partial charge in [0.1, 0.15) is 0 Å². The Morgan fingerprint density at radius 1 is 0.853 bits per heavy atom. The maximum Gasteiger partial charge on any atom is 0.0102 e. The van der Waals surface area contributed by atoms with Crippen LogP contribution in [0.25, 0.3) is 0 Å². The number of likely N-dealkylation sites (tertiary alicyclic amines) is 1. The molecule has 0 atom stereocenters. The second-order valence-electron chi connectivity index (χ2n) is 15.0. The molecule has 0 radical (unpaired) electrons. The average molecular weight is 483 g/mol. The second kappa shape index (κ2) is 15.9. The van der Waals surface area contributed by atoms with E-state index in [0.717, 1.165) is 6.04 Å². The smallest absolute Gasteiger partial charge is 0.0102 e. The standard InChI is InChI=1S/C15H31N.C10H22.C6H13N.CH4/c1-7-8-9-16(6)13-10-14(2,3)12-15(4,5)11-13;1-7-10(5,6)8-9(2,3)4;1-7-5-3-2-4-6-7;/h13H,7-12H2,1-6H3;7-8H2,1-6H3;2-6H2,1H3;1H4. The first-order valence-corrected chi connectivity index (χ1v) is 14.3. The summed E-state index contributed by atoms with van der Waals surface area (Å²) in [5.74, 6) is 0. The third-order valence-electron chi connectivity index (χ3n) is 7.57. The molecule has 1 aliphatic heterocycles. The van der Waals surface area contributed by atoms with Crippen LogP contribution >= 0.6 is 0 Å². The minimum atomic E-state index is 0. The van der Waals surface area contributed by atoms with E-state index in [1.165, 1.54) is 83.8 Å². The topological polar surface area (TPSA) is 6.48 Å². The van der Waals surface area contributed by atoms with E-state index in [4.69, 9.17) is 0 Å². The molecular formula is C32H70N2. The Labute approximate surface area is 219 Å². The number of hydrogen-bond acceptors (Lipinski definition) is 2. The first-order chi connectivity index (χ1) is 14.9. The number of nitrogens with zero attached hydrogens (tertiary/aromatic N) is 2. The highest BCUT2D eigenvalue weighted by atomic mass is 15.1. The fourth-order valence-electron chi connectivity index (χ4n) is 6.30. The maximum atomic E-state index is 2.60. The third kappa shape index (κ3) is 18.2. The minimum Gasteiger partial charge on any atom is -0.306 e. The molecule has 0 amide bonds. The van der Waals surface area contributed by atoms with Crippen LogP contribution in [-0.2, 0) is 0 Å². The summed E-state index contributed by atoms with van der Waals surface area (Å²) in [4.78, 5) is 5.00. The summed E-state index contributed by atoms with van der Waals surface area (Å²) in [6.07, 6.45) is 13.6. The van der Waals surface area contributed by atoms with E-state index in [9.17, 15) is 0 Å². The van der Waals surface area contributed by atoms with Gasteiger partial charge >= 0.3 is 0 Å². The Kier molecular flexibility index (Phi) is 16.9. The highest BCUT2D eigenvalue weighted by molar-refractivity contribution is 4.92. The summed E-state index contributed by atoms with van der Waals surface area (Å²) >= 11 is 0. The van der Waals surface area contributed by atoms with Gasteiger partial charge in [0, 0.05) is 6.04 Å². The molecule has 0 aromatic rings. The summed E-state index contributed by atoms with van der Waals surface area (Å²) < 4.78 is 0. The first kappa shape index (κ1) is 36.1. The highest BCUT2D eigenvalue weighted by Gasteiger charge is 2.39. The van der Waals surface area contributed by atoms with Crippen molar-refractivity contribution >= 4 is 0 Å². The molecule has 2 heteroatoms. The van der Waals surface area contributed by atoms with Crippen LogP contribution in [0.1, 0.15) is 148 Å². The first-order valence-electron chi connectivity index (χ1n) is 14.3. The molecule has 0 aromatic carbocycles. The number of rotatable bonds is 6. The minimum absolute atomic E-state index is 0. The predicted octanol–water partition coefficient (Wildman–Crippen LogP) is 9.92. The monoisotopic (exact) mass is 483 g/mol. The molecule has 1 saturated carbocycles. The molecule has 0 aromatic heterocycles.